The van der Waals surface area contributed by atoms with Gasteiger partial charge in [0.1, 0.15) is 17.8 Å². The third-order valence-corrected chi connectivity index (χ3v) is 6.72. The second-order valence-electron chi connectivity index (χ2n) is 6.14. The van der Waals surface area contributed by atoms with Crippen LogP contribution in [0.15, 0.2) is 51.7 Å². The zero-order valence-corrected chi connectivity index (χ0v) is 16.3. The summed E-state index contributed by atoms with van der Waals surface area (Å²) in [6, 6.07) is 11.6. The minimum absolute atomic E-state index is 0.132. The SMILES string of the molecule is O=S(=O)(Cc1ccon1)N1CCN(c2ccc3cc(Br)ccc3n2)CC1. The predicted molar refractivity (Wildman–Crippen MR) is 102 cm³/mol. The summed E-state index contributed by atoms with van der Waals surface area (Å²) in [7, 11) is -3.39. The van der Waals surface area contributed by atoms with Gasteiger partial charge in [0.2, 0.25) is 10.0 Å². The number of rotatable bonds is 4. The van der Waals surface area contributed by atoms with Crippen molar-refractivity contribution in [3.63, 3.8) is 0 Å². The highest BCUT2D eigenvalue weighted by molar-refractivity contribution is 9.10. The molecule has 3 heterocycles. The molecule has 1 aliphatic heterocycles. The molecule has 0 amide bonds. The maximum Gasteiger partial charge on any atom is 0.220 e. The van der Waals surface area contributed by atoms with Crippen LogP contribution in [0, 0.1) is 0 Å². The number of anilines is 1. The average molecular weight is 437 g/mol. The average Bonchev–Trinajstić information content (AvgIpc) is 3.13. The molecule has 3 aromatic rings. The summed E-state index contributed by atoms with van der Waals surface area (Å²) in [6.45, 7) is 2.07. The van der Waals surface area contributed by atoms with E-state index in [0.717, 1.165) is 21.2 Å². The number of piperazine rings is 1. The first kappa shape index (κ1) is 17.4. The summed E-state index contributed by atoms with van der Waals surface area (Å²) in [4.78, 5) is 6.82. The molecule has 4 rings (SSSR count). The molecule has 0 atom stereocenters. The normalized spacial score (nSPS) is 16.3. The molecule has 1 fully saturated rings. The van der Waals surface area contributed by atoms with Gasteiger partial charge in [-0.1, -0.05) is 21.1 Å². The van der Waals surface area contributed by atoms with Gasteiger partial charge in [-0.3, -0.25) is 0 Å². The largest absolute Gasteiger partial charge is 0.364 e. The molecule has 0 N–H and O–H groups in total. The number of halogens is 1. The van der Waals surface area contributed by atoms with Crippen LogP contribution in [-0.4, -0.2) is 49.0 Å². The Morgan fingerprint density at radius 3 is 2.62 bits per heavy atom. The Bertz CT molecular complexity index is 1020. The molecule has 9 heteroatoms. The molecule has 26 heavy (non-hydrogen) atoms. The first-order chi connectivity index (χ1) is 12.5. The maximum absolute atomic E-state index is 12.5. The number of hydrogen-bond donors (Lipinski definition) is 0. The Balaban J connectivity index is 1.45. The molecule has 1 saturated heterocycles. The van der Waals surface area contributed by atoms with E-state index in [1.54, 1.807) is 6.07 Å². The summed E-state index contributed by atoms with van der Waals surface area (Å²) in [5.41, 5.74) is 1.35. The van der Waals surface area contributed by atoms with E-state index >= 15 is 0 Å². The quantitative estimate of drug-likeness (QED) is 0.625. The van der Waals surface area contributed by atoms with E-state index in [9.17, 15) is 8.42 Å². The summed E-state index contributed by atoms with van der Waals surface area (Å²) in [5, 5.41) is 4.76. The van der Waals surface area contributed by atoms with Gasteiger partial charge in [-0.25, -0.2) is 13.4 Å². The number of benzene rings is 1. The summed E-state index contributed by atoms with van der Waals surface area (Å²) in [6.07, 6.45) is 1.38. The van der Waals surface area contributed by atoms with Crippen molar-refractivity contribution in [1.29, 1.82) is 0 Å². The van der Waals surface area contributed by atoms with Crippen LogP contribution in [0.2, 0.25) is 0 Å². The Morgan fingerprint density at radius 2 is 1.88 bits per heavy atom. The third kappa shape index (κ3) is 3.60. The van der Waals surface area contributed by atoms with Crippen molar-refractivity contribution in [2.24, 2.45) is 0 Å². The second kappa shape index (κ2) is 6.98. The van der Waals surface area contributed by atoms with Crippen molar-refractivity contribution < 1.29 is 12.9 Å². The molecule has 0 aliphatic carbocycles. The van der Waals surface area contributed by atoms with E-state index in [1.807, 2.05) is 30.3 Å². The Kier molecular flexibility index (Phi) is 4.68. The van der Waals surface area contributed by atoms with Gasteiger partial charge >= 0.3 is 0 Å². The topological polar surface area (TPSA) is 79.5 Å². The standard InChI is InChI=1S/C17H17BrN4O3S/c18-14-2-3-16-13(11-14)1-4-17(19-16)21-6-8-22(9-7-21)26(23,24)12-15-5-10-25-20-15/h1-5,10-11H,6-9,12H2. The smallest absolute Gasteiger partial charge is 0.220 e. The number of hydrogen-bond acceptors (Lipinski definition) is 6. The second-order valence-corrected chi connectivity index (χ2v) is 9.02. The van der Waals surface area contributed by atoms with Crippen LogP contribution in [0.1, 0.15) is 5.69 Å². The van der Waals surface area contributed by atoms with Gasteiger partial charge in [0.25, 0.3) is 0 Å². The monoisotopic (exact) mass is 436 g/mol. The predicted octanol–water partition coefficient (Wildman–Crippen LogP) is 2.64. The number of pyridine rings is 1. The van der Waals surface area contributed by atoms with Crippen molar-refractivity contribution in [2.45, 2.75) is 5.75 Å². The zero-order chi connectivity index (χ0) is 18.1. The van der Waals surface area contributed by atoms with Crippen LogP contribution in [0.5, 0.6) is 0 Å². The molecule has 1 aromatic carbocycles. The fraction of sp³-hybridized carbons (Fsp3) is 0.294. The van der Waals surface area contributed by atoms with Crippen LogP contribution in [0.4, 0.5) is 5.82 Å². The third-order valence-electron chi connectivity index (χ3n) is 4.41. The summed E-state index contributed by atoms with van der Waals surface area (Å²) in [5.74, 6) is 0.737. The van der Waals surface area contributed by atoms with E-state index in [4.69, 9.17) is 9.51 Å². The van der Waals surface area contributed by atoms with Gasteiger partial charge in [-0.2, -0.15) is 4.31 Å². The summed E-state index contributed by atoms with van der Waals surface area (Å²) < 4.78 is 32.3. The van der Waals surface area contributed by atoms with Gasteiger partial charge in [-0.15, -0.1) is 0 Å². The van der Waals surface area contributed by atoms with E-state index in [-0.39, 0.29) is 5.75 Å². The Hall–Kier alpha value is -1.97. The molecule has 0 bridgehead atoms. The van der Waals surface area contributed by atoms with E-state index in [1.165, 1.54) is 10.6 Å². The van der Waals surface area contributed by atoms with Gasteiger partial charge in [0.05, 0.1) is 11.2 Å². The highest BCUT2D eigenvalue weighted by atomic mass is 79.9. The molecule has 136 valence electrons. The minimum atomic E-state index is -3.39. The molecule has 0 radical (unpaired) electrons. The van der Waals surface area contributed by atoms with Crippen molar-refractivity contribution in [1.82, 2.24) is 14.4 Å². The van der Waals surface area contributed by atoms with E-state index < -0.39 is 10.0 Å². The zero-order valence-electron chi connectivity index (χ0n) is 13.9. The summed E-state index contributed by atoms with van der Waals surface area (Å²) >= 11 is 3.46. The molecule has 0 unspecified atom stereocenters. The lowest BCUT2D eigenvalue weighted by Gasteiger charge is -2.34. The van der Waals surface area contributed by atoms with Gasteiger partial charge in [0, 0.05) is 42.1 Å². The molecular weight excluding hydrogens is 420 g/mol. The molecule has 1 aliphatic rings. The lowest BCUT2D eigenvalue weighted by Crippen LogP contribution is -2.49. The van der Waals surface area contributed by atoms with Crippen LogP contribution in [0.3, 0.4) is 0 Å². The van der Waals surface area contributed by atoms with Gasteiger partial charge in [0.15, 0.2) is 0 Å². The fourth-order valence-corrected chi connectivity index (χ4v) is 4.85. The minimum Gasteiger partial charge on any atom is -0.364 e. The van der Waals surface area contributed by atoms with Crippen LogP contribution >= 0.6 is 15.9 Å². The van der Waals surface area contributed by atoms with Gasteiger partial charge < -0.3 is 9.42 Å². The lowest BCUT2D eigenvalue weighted by molar-refractivity contribution is 0.380. The van der Waals surface area contributed by atoms with Crippen molar-refractivity contribution in [2.75, 3.05) is 31.1 Å². The molecule has 2 aromatic heterocycles. The van der Waals surface area contributed by atoms with Crippen LogP contribution in [-0.2, 0) is 15.8 Å². The first-order valence-electron chi connectivity index (χ1n) is 8.20. The Morgan fingerprint density at radius 1 is 1.08 bits per heavy atom. The van der Waals surface area contributed by atoms with Crippen molar-refractivity contribution >= 4 is 42.7 Å². The first-order valence-corrected chi connectivity index (χ1v) is 10.6. The van der Waals surface area contributed by atoms with Crippen LogP contribution in [0.25, 0.3) is 10.9 Å². The van der Waals surface area contributed by atoms with Crippen molar-refractivity contribution in [3.05, 3.63) is 52.8 Å². The maximum atomic E-state index is 12.5. The highest BCUT2D eigenvalue weighted by Crippen LogP contribution is 2.23. The molecular formula is C17H17BrN4O3S. The molecule has 7 nitrogen and oxygen atoms in total. The van der Waals surface area contributed by atoms with Crippen molar-refractivity contribution in [3.8, 4) is 0 Å². The van der Waals surface area contributed by atoms with Crippen LogP contribution < -0.4 is 4.90 Å². The number of fused-ring (bicyclic) bond motifs is 1. The van der Waals surface area contributed by atoms with E-state index in [2.05, 4.69) is 26.0 Å². The lowest BCUT2D eigenvalue weighted by atomic mass is 10.2. The Labute approximate surface area is 159 Å². The van der Waals surface area contributed by atoms with E-state index in [0.29, 0.717) is 31.9 Å². The molecule has 0 spiro atoms. The van der Waals surface area contributed by atoms with Gasteiger partial charge in [-0.05, 0) is 30.3 Å². The number of nitrogens with zero attached hydrogens (tertiary/aromatic N) is 4. The molecule has 0 saturated carbocycles. The highest BCUT2D eigenvalue weighted by Gasteiger charge is 2.28. The number of aromatic nitrogens is 2. The fourth-order valence-electron chi connectivity index (χ4n) is 3.05. The number of sulfonamides is 1.